The van der Waals surface area contributed by atoms with E-state index in [0.717, 1.165) is 40.7 Å². The lowest BCUT2D eigenvalue weighted by Crippen LogP contribution is -2.29. The molecule has 0 amide bonds. The van der Waals surface area contributed by atoms with Crippen LogP contribution in [0.25, 0.3) is 22.3 Å². The summed E-state index contributed by atoms with van der Waals surface area (Å²) in [5.41, 5.74) is 3.01. The van der Waals surface area contributed by atoms with Crippen molar-refractivity contribution in [1.29, 1.82) is 0 Å². The van der Waals surface area contributed by atoms with E-state index in [0.29, 0.717) is 0 Å². The molecule has 1 aliphatic carbocycles. The van der Waals surface area contributed by atoms with Crippen LogP contribution in [0.1, 0.15) is 19.4 Å². The van der Waals surface area contributed by atoms with Crippen LogP contribution in [0.15, 0.2) is 40.8 Å². The number of phenols is 1. The first-order chi connectivity index (χ1) is 10.1. The zero-order chi connectivity index (χ0) is 15.0. The zero-order valence-corrected chi connectivity index (χ0v) is 12.7. The summed E-state index contributed by atoms with van der Waals surface area (Å²) in [6.45, 7) is 8.32. The van der Waals surface area contributed by atoms with E-state index in [4.69, 9.17) is 4.42 Å². The first kappa shape index (κ1) is 13.7. The average Bonchev–Trinajstić information content (AvgIpc) is 2.48. The molecule has 2 aliphatic rings. The van der Waals surface area contributed by atoms with Crippen molar-refractivity contribution >= 4 is 11.0 Å². The van der Waals surface area contributed by atoms with Gasteiger partial charge in [0.25, 0.3) is 0 Å². The van der Waals surface area contributed by atoms with Crippen LogP contribution in [0.5, 0.6) is 5.75 Å². The van der Waals surface area contributed by atoms with E-state index in [-0.39, 0.29) is 5.75 Å². The Kier molecular flexibility index (Phi) is 3.42. The first-order valence-corrected chi connectivity index (χ1v) is 7.38. The number of hydrogen-bond acceptors (Lipinski definition) is 2. The van der Waals surface area contributed by atoms with Gasteiger partial charge in [-0.2, -0.15) is 0 Å². The molecule has 1 N–H and O–H groups in total. The van der Waals surface area contributed by atoms with Crippen molar-refractivity contribution in [3.63, 3.8) is 0 Å². The minimum Gasteiger partial charge on any atom is -0.508 e. The third-order valence-corrected chi connectivity index (χ3v) is 4.09. The van der Waals surface area contributed by atoms with Crippen molar-refractivity contribution in [1.82, 2.24) is 4.58 Å². The molecule has 0 fully saturated rings. The van der Waals surface area contributed by atoms with Crippen molar-refractivity contribution in [3.05, 3.63) is 47.3 Å². The lowest BCUT2D eigenvalue weighted by atomic mass is 10.0. The van der Waals surface area contributed by atoms with Gasteiger partial charge in [-0.05, 0) is 44.5 Å². The number of benzene rings is 2. The van der Waals surface area contributed by atoms with Crippen LogP contribution in [0.2, 0.25) is 0 Å². The van der Waals surface area contributed by atoms with Crippen LogP contribution in [0, 0.1) is 6.92 Å². The van der Waals surface area contributed by atoms with E-state index < -0.39 is 0 Å². The fraction of sp³-hybridized carbons (Fsp3) is 0.278. The monoisotopic (exact) mass is 282 g/mol. The quantitative estimate of drug-likeness (QED) is 0.578. The van der Waals surface area contributed by atoms with E-state index in [1.165, 1.54) is 5.56 Å². The van der Waals surface area contributed by atoms with Gasteiger partial charge < -0.3 is 9.52 Å². The normalized spacial score (nSPS) is 11.2. The maximum absolute atomic E-state index is 9.64. The van der Waals surface area contributed by atoms with E-state index in [1.807, 2.05) is 6.07 Å². The van der Waals surface area contributed by atoms with Crippen LogP contribution >= 0.6 is 0 Å². The van der Waals surface area contributed by atoms with Gasteiger partial charge in [-0.15, -0.1) is 0 Å². The molecule has 0 saturated heterocycles. The van der Waals surface area contributed by atoms with Crippen molar-refractivity contribution in [3.8, 4) is 17.1 Å². The Hall–Kier alpha value is -2.29. The van der Waals surface area contributed by atoms with Gasteiger partial charge in [0.1, 0.15) is 30.2 Å². The van der Waals surface area contributed by atoms with Crippen LogP contribution in [0.3, 0.4) is 0 Å². The van der Waals surface area contributed by atoms with Crippen molar-refractivity contribution in [2.24, 2.45) is 0 Å². The molecule has 3 heteroatoms. The average molecular weight is 282 g/mol. The van der Waals surface area contributed by atoms with Gasteiger partial charge in [-0.1, -0.05) is 0 Å². The van der Waals surface area contributed by atoms with Gasteiger partial charge in [0.2, 0.25) is 5.36 Å². The molecule has 0 unspecified atom stereocenters. The second kappa shape index (κ2) is 5.24. The summed E-state index contributed by atoms with van der Waals surface area (Å²) in [6, 6.07) is 11.6. The summed E-state index contributed by atoms with van der Waals surface area (Å²) in [7, 11) is 0. The van der Waals surface area contributed by atoms with Gasteiger partial charge in [0.05, 0.1) is 6.07 Å². The minimum absolute atomic E-state index is 0.227. The molecule has 1 aromatic rings. The fourth-order valence-electron chi connectivity index (χ4n) is 2.86. The summed E-state index contributed by atoms with van der Waals surface area (Å²) in [5.74, 6) is 1.08. The largest absolute Gasteiger partial charge is 0.508 e. The summed E-state index contributed by atoms with van der Waals surface area (Å²) in [4.78, 5) is 0. The Morgan fingerprint density at radius 2 is 1.81 bits per heavy atom. The lowest BCUT2D eigenvalue weighted by Gasteiger charge is -2.11. The number of aryl methyl sites for hydroxylation is 1. The Morgan fingerprint density at radius 3 is 2.52 bits per heavy atom. The van der Waals surface area contributed by atoms with Gasteiger partial charge in [-0.25, -0.2) is 4.58 Å². The summed E-state index contributed by atoms with van der Waals surface area (Å²) < 4.78 is 8.29. The molecule has 1 aromatic carbocycles. The van der Waals surface area contributed by atoms with Gasteiger partial charge in [-0.3, -0.25) is 0 Å². The van der Waals surface area contributed by atoms with Gasteiger partial charge in [0, 0.05) is 23.1 Å². The number of hydrogen-bond donors (Lipinski definition) is 1. The minimum atomic E-state index is 0.227. The predicted molar refractivity (Wildman–Crippen MR) is 85.6 cm³/mol. The summed E-state index contributed by atoms with van der Waals surface area (Å²) >= 11 is 0. The Bertz CT molecular complexity index is 840. The zero-order valence-electron chi connectivity index (χ0n) is 12.7. The molecule has 3 rings (SSSR count). The SMILES string of the molecule is CC[N+](CC)=c1ccc2c(C)c3ccc(O)cc3oc-2c1. The Morgan fingerprint density at radius 1 is 1.05 bits per heavy atom. The highest BCUT2D eigenvalue weighted by Gasteiger charge is 2.14. The smallest absolute Gasteiger partial charge is 0.203 e. The Labute approximate surface area is 124 Å². The van der Waals surface area contributed by atoms with Gasteiger partial charge in [0.15, 0.2) is 0 Å². The van der Waals surface area contributed by atoms with Crippen LogP contribution in [0.4, 0.5) is 0 Å². The molecular formula is C18H20NO2+. The predicted octanol–water partition coefficient (Wildman–Crippen LogP) is 3.36. The standard InChI is InChI=1S/C18H19NO2/c1-4-19(5-2)13-6-8-15-12(3)16-9-7-14(20)11-18(16)21-17(15)10-13/h6-11H,4-5H2,1-3H3/p+1. The molecule has 21 heavy (non-hydrogen) atoms. The maximum atomic E-state index is 9.64. The second-order valence-electron chi connectivity index (χ2n) is 5.26. The van der Waals surface area contributed by atoms with Gasteiger partial charge >= 0.3 is 0 Å². The maximum Gasteiger partial charge on any atom is 0.203 e. The number of phenolic OH excluding ortho intramolecular Hbond substituents is 1. The number of nitrogens with zero attached hydrogens (tertiary/aromatic N) is 1. The van der Waals surface area contributed by atoms with Crippen LogP contribution < -0.4 is 9.93 Å². The third-order valence-electron chi connectivity index (χ3n) is 4.09. The van der Waals surface area contributed by atoms with E-state index in [2.05, 4.69) is 43.5 Å². The number of fused-ring (bicyclic) bond motifs is 2. The molecule has 1 aliphatic heterocycles. The molecule has 0 atom stereocenters. The molecule has 3 nitrogen and oxygen atoms in total. The van der Waals surface area contributed by atoms with Crippen LogP contribution in [-0.4, -0.2) is 18.2 Å². The highest BCUT2D eigenvalue weighted by atomic mass is 16.3. The molecule has 0 bridgehead atoms. The number of aromatic hydroxyl groups is 1. The molecule has 0 saturated carbocycles. The molecule has 108 valence electrons. The van der Waals surface area contributed by atoms with E-state index in [1.54, 1.807) is 12.1 Å². The lowest BCUT2D eigenvalue weighted by molar-refractivity contribution is 0.474. The van der Waals surface area contributed by atoms with Crippen molar-refractivity contribution < 1.29 is 9.52 Å². The highest BCUT2D eigenvalue weighted by molar-refractivity contribution is 5.88. The summed E-state index contributed by atoms with van der Waals surface area (Å²) in [5, 5.41) is 11.8. The molecule has 0 spiro atoms. The van der Waals surface area contributed by atoms with Crippen LogP contribution in [-0.2, 0) is 0 Å². The number of rotatable bonds is 2. The topological polar surface area (TPSA) is 36.4 Å². The van der Waals surface area contributed by atoms with Crippen molar-refractivity contribution in [2.75, 3.05) is 13.1 Å². The molecular weight excluding hydrogens is 262 g/mol. The summed E-state index contributed by atoms with van der Waals surface area (Å²) in [6.07, 6.45) is 0. The molecule has 0 radical (unpaired) electrons. The third kappa shape index (κ3) is 2.29. The van der Waals surface area contributed by atoms with E-state index >= 15 is 0 Å². The second-order valence-corrected chi connectivity index (χ2v) is 5.26. The molecule has 0 aromatic heterocycles. The molecule has 1 heterocycles. The Balaban J connectivity index is 2.39. The first-order valence-electron chi connectivity index (χ1n) is 7.38. The fourth-order valence-corrected chi connectivity index (χ4v) is 2.86. The van der Waals surface area contributed by atoms with E-state index in [9.17, 15) is 5.11 Å². The van der Waals surface area contributed by atoms with Crippen molar-refractivity contribution in [2.45, 2.75) is 20.8 Å². The highest BCUT2D eigenvalue weighted by Crippen LogP contribution is 2.33.